The first kappa shape index (κ1) is 18.7. The average molecular weight is 387 g/mol. The van der Waals surface area contributed by atoms with Crippen LogP contribution >= 0.6 is 0 Å². The molecule has 28 heavy (non-hydrogen) atoms. The second kappa shape index (κ2) is 6.77. The maximum absolute atomic E-state index is 12.7. The number of benzene rings is 1. The molecule has 2 heterocycles. The molecule has 3 N–H and O–H groups in total. The van der Waals surface area contributed by atoms with Gasteiger partial charge in [0.1, 0.15) is 17.8 Å². The number of nitrogens with one attached hydrogen (secondary N) is 2. The van der Waals surface area contributed by atoms with E-state index in [-0.39, 0.29) is 24.6 Å². The number of carbonyl (C=O) groups is 3. The van der Waals surface area contributed by atoms with Crippen LogP contribution in [0.25, 0.3) is 0 Å². The van der Waals surface area contributed by atoms with E-state index < -0.39 is 23.4 Å². The summed E-state index contributed by atoms with van der Waals surface area (Å²) in [5, 5.41) is 15.3. The van der Waals surface area contributed by atoms with Gasteiger partial charge in [-0.2, -0.15) is 0 Å². The van der Waals surface area contributed by atoms with Crippen LogP contribution in [0.4, 0.5) is 4.79 Å². The smallest absolute Gasteiger partial charge is 0.325 e. The first-order chi connectivity index (χ1) is 13.2. The van der Waals surface area contributed by atoms with Crippen LogP contribution < -0.4 is 15.4 Å². The Morgan fingerprint density at radius 3 is 2.79 bits per heavy atom. The Bertz CT molecular complexity index is 831. The Morgan fingerprint density at radius 1 is 1.39 bits per heavy atom. The molecule has 1 saturated carbocycles. The van der Waals surface area contributed by atoms with E-state index in [4.69, 9.17) is 4.74 Å². The Kier molecular flexibility index (Phi) is 4.53. The molecule has 1 aliphatic carbocycles. The van der Waals surface area contributed by atoms with E-state index in [0.29, 0.717) is 19.4 Å². The van der Waals surface area contributed by atoms with Gasteiger partial charge in [0.05, 0.1) is 18.8 Å². The fourth-order valence-corrected chi connectivity index (χ4v) is 4.10. The number of imide groups is 1. The molecule has 1 saturated heterocycles. The SMILES string of the molecule is CC1(C)NC(=O)N(CC(=O)N[C@H](c2ccc3c(c2)CCO3)C2CC(O)C2)C1=O. The molecule has 0 bridgehead atoms. The number of aliphatic hydroxyl groups is 1. The predicted molar refractivity (Wildman–Crippen MR) is 99.6 cm³/mol. The van der Waals surface area contributed by atoms with E-state index >= 15 is 0 Å². The molecule has 2 aliphatic heterocycles. The fourth-order valence-electron chi connectivity index (χ4n) is 4.10. The lowest BCUT2D eigenvalue weighted by molar-refractivity contribution is -0.134. The van der Waals surface area contributed by atoms with Crippen molar-refractivity contribution in [3.8, 4) is 5.75 Å². The van der Waals surface area contributed by atoms with E-state index in [2.05, 4.69) is 10.6 Å². The lowest BCUT2D eigenvalue weighted by atomic mass is 9.75. The summed E-state index contributed by atoms with van der Waals surface area (Å²) < 4.78 is 5.55. The molecule has 4 amide bonds. The molecule has 8 nitrogen and oxygen atoms in total. The van der Waals surface area contributed by atoms with E-state index in [1.54, 1.807) is 13.8 Å². The molecule has 2 fully saturated rings. The lowest BCUT2D eigenvalue weighted by Gasteiger charge is -2.38. The number of rotatable bonds is 5. The monoisotopic (exact) mass is 387 g/mol. The molecular formula is C20H25N3O5. The van der Waals surface area contributed by atoms with Gasteiger partial charge in [-0.05, 0) is 55.9 Å². The van der Waals surface area contributed by atoms with Crippen molar-refractivity contribution < 1.29 is 24.2 Å². The Morgan fingerprint density at radius 2 is 2.14 bits per heavy atom. The van der Waals surface area contributed by atoms with Gasteiger partial charge in [0.2, 0.25) is 5.91 Å². The topological polar surface area (TPSA) is 108 Å². The molecule has 1 aromatic rings. The molecule has 8 heteroatoms. The maximum atomic E-state index is 12.7. The second-order valence-electron chi connectivity index (χ2n) is 8.34. The van der Waals surface area contributed by atoms with Crippen molar-refractivity contribution in [1.82, 2.24) is 15.5 Å². The second-order valence-corrected chi connectivity index (χ2v) is 8.34. The van der Waals surface area contributed by atoms with Crippen LogP contribution in [0.2, 0.25) is 0 Å². The standard InChI is InChI=1S/C20H25N3O5/c1-20(2)18(26)23(19(27)22-20)10-16(25)21-17(13-8-14(24)9-13)12-3-4-15-11(7-12)5-6-28-15/h3-4,7,13-14,17,24H,5-6,8-10H2,1-2H3,(H,21,25)(H,22,27)/t13?,14?,17-/m1/s1. The molecule has 4 rings (SSSR count). The summed E-state index contributed by atoms with van der Waals surface area (Å²) in [7, 11) is 0. The third-order valence-corrected chi connectivity index (χ3v) is 5.76. The van der Waals surface area contributed by atoms with Gasteiger partial charge in [-0.1, -0.05) is 6.07 Å². The van der Waals surface area contributed by atoms with Crippen molar-refractivity contribution in [3.05, 3.63) is 29.3 Å². The number of fused-ring (bicyclic) bond motifs is 1. The first-order valence-electron chi connectivity index (χ1n) is 9.62. The molecule has 0 unspecified atom stereocenters. The molecule has 0 radical (unpaired) electrons. The largest absolute Gasteiger partial charge is 0.493 e. The van der Waals surface area contributed by atoms with Gasteiger partial charge in [0.25, 0.3) is 5.91 Å². The molecule has 3 aliphatic rings. The number of carbonyl (C=O) groups excluding carboxylic acids is 3. The summed E-state index contributed by atoms with van der Waals surface area (Å²) in [5.74, 6) is 0.158. The zero-order valence-corrected chi connectivity index (χ0v) is 16.0. The predicted octanol–water partition coefficient (Wildman–Crippen LogP) is 0.880. The van der Waals surface area contributed by atoms with Crippen molar-refractivity contribution in [2.45, 2.75) is 50.8 Å². The zero-order valence-electron chi connectivity index (χ0n) is 16.0. The fraction of sp³-hybridized carbons (Fsp3) is 0.550. The summed E-state index contributed by atoms with van der Waals surface area (Å²) in [5.41, 5.74) is 1.05. The van der Waals surface area contributed by atoms with Crippen molar-refractivity contribution in [1.29, 1.82) is 0 Å². The highest BCUT2D eigenvalue weighted by Crippen LogP contribution is 2.39. The van der Waals surface area contributed by atoms with Crippen LogP contribution in [-0.4, -0.2) is 52.6 Å². The highest BCUT2D eigenvalue weighted by atomic mass is 16.5. The van der Waals surface area contributed by atoms with Gasteiger partial charge in [-0.25, -0.2) is 4.79 Å². The van der Waals surface area contributed by atoms with Crippen molar-refractivity contribution in [2.75, 3.05) is 13.2 Å². The van der Waals surface area contributed by atoms with E-state index in [0.717, 1.165) is 28.2 Å². The third-order valence-electron chi connectivity index (χ3n) is 5.76. The summed E-state index contributed by atoms with van der Waals surface area (Å²) >= 11 is 0. The summed E-state index contributed by atoms with van der Waals surface area (Å²) in [4.78, 5) is 38.0. The van der Waals surface area contributed by atoms with E-state index in [1.807, 2.05) is 18.2 Å². The van der Waals surface area contributed by atoms with Gasteiger partial charge in [0, 0.05) is 6.42 Å². The normalized spacial score (nSPS) is 26.2. The van der Waals surface area contributed by atoms with Crippen LogP contribution in [-0.2, 0) is 16.0 Å². The number of nitrogens with zero attached hydrogens (tertiary/aromatic N) is 1. The van der Waals surface area contributed by atoms with Crippen molar-refractivity contribution >= 4 is 17.8 Å². The molecule has 0 spiro atoms. The highest BCUT2D eigenvalue weighted by Gasteiger charge is 2.45. The van der Waals surface area contributed by atoms with Gasteiger partial charge < -0.3 is 20.5 Å². The number of hydrogen-bond donors (Lipinski definition) is 3. The maximum Gasteiger partial charge on any atom is 0.325 e. The Labute approximate surface area is 163 Å². The average Bonchev–Trinajstić information content (AvgIpc) is 3.14. The molecule has 1 aromatic carbocycles. The van der Waals surface area contributed by atoms with Crippen molar-refractivity contribution in [3.63, 3.8) is 0 Å². The van der Waals surface area contributed by atoms with Crippen LogP contribution in [0, 0.1) is 5.92 Å². The van der Waals surface area contributed by atoms with Crippen LogP contribution in [0.15, 0.2) is 18.2 Å². The Hall–Kier alpha value is -2.61. The molecule has 1 atom stereocenters. The minimum Gasteiger partial charge on any atom is -0.493 e. The van der Waals surface area contributed by atoms with Crippen LogP contribution in [0.3, 0.4) is 0 Å². The van der Waals surface area contributed by atoms with Gasteiger partial charge in [-0.15, -0.1) is 0 Å². The Balaban J connectivity index is 1.49. The summed E-state index contributed by atoms with van der Waals surface area (Å²) in [6, 6.07) is 5.03. The van der Waals surface area contributed by atoms with Crippen LogP contribution in [0.5, 0.6) is 5.75 Å². The lowest BCUT2D eigenvalue weighted by Crippen LogP contribution is -2.46. The minimum absolute atomic E-state index is 0.110. The van der Waals surface area contributed by atoms with Gasteiger partial charge in [0.15, 0.2) is 0 Å². The highest BCUT2D eigenvalue weighted by molar-refractivity contribution is 6.08. The van der Waals surface area contributed by atoms with Gasteiger partial charge >= 0.3 is 6.03 Å². The van der Waals surface area contributed by atoms with E-state index in [9.17, 15) is 19.5 Å². The summed E-state index contributed by atoms with van der Waals surface area (Å²) in [6.45, 7) is 3.54. The quantitative estimate of drug-likeness (QED) is 0.650. The number of amides is 4. The molecule has 150 valence electrons. The molecular weight excluding hydrogens is 362 g/mol. The van der Waals surface area contributed by atoms with E-state index in [1.165, 1.54) is 0 Å². The summed E-state index contributed by atoms with van der Waals surface area (Å²) in [6.07, 6.45) is 1.69. The zero-order chi connectivity index (χ0) is 20.1. The van der Waals surface area contributed by atoms with Gasteiger partial charge in [-0.3, -0.25) is 14.5 Å². The third kappa shape index (κ3) is 3.32. The number of urea groups is 1. The number of aliphatic hydroxyl groups excluding tert-OH is 1. The van der Waals surface area contributed by atoms with Crippen molar-refractivity contribution in [2.24, 2.45) is 5.92 Å². The number of ether oxygens (including phenoxy) is 1. The van der Waals surface area contributed by atoms with Crippen LogP contribution in [0.1, 0.15) is 43.9 Å². The number of hydrogen-bond acceptors (Lipinski definition) is 5. The minimum atomic E-state index is -1.01. The molecule has 0 aromatic heterocycles. The first-order valence-corrected chi connectivity index (χ1v) is 9.62.